The maximum Gasteiger partial charge on any atom is 0.135 e. The minimum absolute atomic E-state index is 0.905. The third-order valence-electron chi connectivity index (χ3n) is 9.85. The fourth-order valence-corrected chi connectivity index (χ4v) is 7.35. The molecule has 48 heavy (non-hydrogen) atoms. The van der Waals surface area contributed by atoms with Gasteiger partial charge >= 0.3 is 0 Å². The van der Waals surface area contributed by atoms with Crippen molar-refractivity contribution in [1.29, 1.82) is 0 Å². The quantitative estimate of drug-likeness (QED) is 0.155. The number of nitrogens with zero attached hydrogens (tertiary/aromatic N) is 2. The minimum Gasteiger partial charge on any atom is -0.456 e. The zero-order chi connectivity index (χ0) is 32.0. The first kappa shape index (κ1) is 28.4. The molecule has 0 aliphatic rings. The van der Waals surface area contributed by atoms with E-state index in [0.717, 1.165) is 45.3 Å². The van der Waals surface area contributed by atoms with Crippen LogP contribution in [0.1, 0.15) is 31.7 Å². The van der Waals surface area contributed by atoms with Crippen molar-refractivity contribution in [2.24, 2.45) is 0 Å². The average Bonchev–Trinajstić information content (AvgIpc) is 3.87. The highest BCUT2D eigenvalue weighted by atomic mass is 16.3. The first-order valence-electron chi connectivity index (χ1n) is 17.1. The molecule has 0 atom stereocenters. The van der Waals surface area contributed by atoms with Gasteiger partial charge in [-0.2, -0.15) is 0 Å². The Morgan fingerprint density at radius 3 is 1.81 bits per heavy atom. The molecule has 0 saturated carbocycles. The van der Waals surface area contributed by atoms with E-state index in [4.69, 9.17) is 4.42 Å². The molecule has 0 N–H and O–H groups in total. The second-order valence-corrected chi connectivity index (χ2v) is 12.8. The topological polar surface area (TPSA) is 23.0 Å². The molecule has 0 spiro atoms. The average molecular weight is 621 g/mol. The molecule has 3 nitrogen and oxygen atoms in total. The van der Waals surface area contributed by atoms with Crippen molar-refractivity contribution >= 4 is 43.7 Å². The van der Waals surface area contributed by atoms with E-state index in [1.54, 1.807) is 0 Å². The SMILES string of the molecule is CCCCCc1ccc(-c2cc(-c3ccc4oc5ccccc5c4c3)c(-n3ccc4ccccc43)cc2-n2ccc3ccccc32)cc1. The summed E-state index contributed by atoms with van der Waals surface area (Å²) in [5.74, 6) is 0. The van der Waals surface area contributed by atoms with Gasteiger partial charge in [-0.3, -0.25) is 0 Å². The van der Waals surface area contributed by atoms with Crippen molar-refractivity contribution in [3.8, 4) is 33.6 Å². The van der Waals surface area contributed by atoms with Gasteiger partial charge in [0.1, 0.15) is 11.2 Å². The zero-order valence-corrected chi connectivity index (χ0v) is 27.1. The number of fused-ring (bicyclic) bond motifs is 5. The summed E-state index contributed by atoms with van der Waals surface area (Å²) in [6.07, 6.45) is 9.26. The summed E-state index contributed by atoms with van der Waals surface area (Å²) in [7, 11) is 0. The molecule has 3 heteroatoms. The van der Waals surface area contributed by atoms with Crippen molar-refractivity contribution in [3.63, 3.8) is 0 Å². The van der Waals surface area contributed by atoms with Gasteiger partial charge in [-0.05, 0) is 94.9 Å². The molecule has 0 bridgehead atoms. The molecule has 9 rings (SSSR count). The Hall–Kier alpha value is -5.80. The molecule has 6 aromatic carbocycles. The standard InChI is InChI=1S/C45H36N2O/c1-2-3-4-11-31-18-20-32(21-19-31)37-29-38(35-22-23-45-39(28-35)36-14-7-10-17-44(36)48-45)43(47-27-25-34-13-6-9-16-41(34)47)30-42(37)46-26-24-33-12-5-8-15-40(33)46/h5-10,12-30H,2-4,11H2,1H3. The second-order valence-electron chi connectivity index (χ2n) is 12.8. The highest BCUT2D eigenvalue weighted by molar-refractivity contribution is 6.07. The van der Waals surface area contributed by atoms with Crippen LogP contribution in [0, 0.1) is 0 Å². The summed E-state index contributed by atoms with van der Waals surface area (Å²) in [6.45, 7) is 2.26. The summed E-state index contributed by atoms with van der Waals surface area (Å²) >= 11 is 0. The Morgan fingerprint density at radius 2 is 1.10 bits per heavy atom. The molecule has 0 aliphatic carbocycles. The largest absolute Gasteiger partial charge is 0.456 e. The molecule has 9 aromatic rings. The number of furan rings is 1. The lowest BCUT2D eigenvalue weighted by Crippen LogP contribution is -2.02. The predicted molar refractivity (Wildman–Crippen MR) is 201 cm³/mol. The lowest BCUT2D eigenvalue weighted by atomic mass is 9.93. The normalized spacial score (nSPS) is 11.8. The molecular weight excluding hydrogens is 585 g/mol. The highest BCUT2D eigenvalue weighted by Crippen LogP contribution is 2.41. The Morgan fingerprint density at radius 1 is 0.500 bits per heavy atom. The number of unbranched alkanes of at least 4 members (excludes halogenated alkanes) is 2. The van der Waals surface area contributed by atoms with Gasteiger partial charge in [0.2, 0.25) is 0 Å². The van der Waals surface area contributed by atoms with E-state index in [1.807, 2.05) is 12.1 Å². The Kier molecular flexibility index (Phi) is 6.97. The van der Waals surface area contributed by atoms with Crippen LogP contribution in [0.2, 0.25) is 0 Å². The van der Waals surface area contributed by atoms with Crippen molar-refractivity contribution in [2.75, 3.05) is 0 Å². The summed E-state index contributed by atoms with van der Waals surface area (Å²) in [5, 5.41) is 4.71. The number of hydrogen-bond acceptors (Lipinski definition) is 1. The van der Waals surface area contributed by atoms with Crippen LogP contribution in [0.3, 0.4) is 0 Å². The second kappa shape index (κ2) is 11.8. The van der Waals surface area contributed by atoms with E-state index in [0.29, 0.717) is 0 Å². The molecule has 3 aromatic heterocycles. The Balaban J connectivity index is 1.33. The van der Waals surface area contributed by atoms with Crippen LogP contribution in [0.5, 0.6) is 0 Å². The highest BCUT2D eigenvalue weighted by Gasteiger charge is 2.19. The molecule has 3 heterocycles. The van der Waals surface area contributed by atoms with Crippen molar-refractivity contribution in [1.82, 2.24) is 9.13 Å². The third-order valence-corrected chi connectivity index (χ3v) is 9.85. The summed E-state index contributed by atoms with van der Waals surface area (Å²) in [5.41, 5.74) is 12.6. The maximum atomic E-state index is 6.24. The van der Waals surface area contributed by atoms with Crippen LogP contribution in [0.15, 0.2) is 156 Å². The number of aromatic nitrogens is 2. The van der Waals surface area contributed by atoms with Crippen LogP contribution in [0.4, 0.5) is 0 Å². The first-order chi connectivity index (χ1) is 23.7. The maximum absolute atomic E-state index is 6.24. The van der Waals surface area contributed by atoms with Crippen molar-refractivity contribution in [3.05, 3.63) is 157 Å². The molecule has 0 fully saturated rings. The van der Waals surface area contributed by atoms with E-state index < -0.39 is 0 Å². The number of rotatable bonds is 8. The van der Waals surface area contributed by atoms with Gasteiger partial charge in [0.05, 0.1) is 22.4 Å². The van der Waals surface area contributed by atoms with Crippen LogP contribution >= 0.6 is 0 Å². The van der Waals surface area contributed by atoms with Crippen LogP contribution < -0.4 is 0 Å². The molecule has 0 saturated heterocycles. The van der Waals surface area contributed by atoms with E-state index in [2.05, 4.69) is 156 Å². The summed E-state index contributed by atoms with van der Waals surface area (Å²) in [4.78, 5) is 0. The van der Waals surface area contributed by atoms with Crippen molar-refractivity contribution in [2.45, 2.75) is 32.6 Å². The fraction of sp³-hybridized carbons (Fsp3) is 0.111. The molecular formula is C45H36N2O. The number of benzene rings is 6. The number of aryl methyl sites for hydroxylation is 1. The predicted octanol–water partition coefficient (Wildman–Crippen LogP) is 12.5. The molecule has 0 unspecified atom stereocenters. The number of hydrogen-bond donors (Lipinski definition) is 0. The van der Waals surface area contributed by atoms with Gasteiger partial charge in [0, 0.05) is 34.3 Å². The molecule has 232 valence electrons. The van der Waals surface area contributed by atoms with E-state index >= 15 is 0 Å². The van der Waals surface area contributed by atoms with E-state index in [1.165, 1.54) is 63.3 Å². The van der Waals surface area contributed by atoms with Crippen LogP contribution in [0.25, 0.3) is 77.4 Å². The van der Waals surface area contributed by atoms with Gasteiger partial charge in [-0.25, -0.2) is 0 Å². The summed E-state index contributed by atoms with van der Waals surface area (Å²) in [6, 6.07) is 50.7. The zero-order valence-electron chi connectivity index (χ0n) is 27.1. The summed E-state index contributed by atoms with van der Waals surface area (Å²) < 4.78 is 10.9. The fourth-order valence-electron chi connectivity index (χ4n) is 7.35. The smallest absolute Gasteiger partial charge is 0.135 e. The van der Waals surface area contributed by atoms with Crippen LogP contribution in [-0.4, -0.2) is 9.13 Å². The Labute approximate surface area is 280 Å². The van der Waals surface area contributed by atoms with Gasteiger partial charge in [0.25, 0.3) is 0 Å². The van der Waals surface area contributed by atoms with Crippen LogP contribution in [-0.2, 0) is 6.42 Å². The first-order valence-corrected chi connectivity index (χ1v) is 17.1. The number of para-hydroxylation sites is 3. The molecule has 0 aliphatic heterocycles. The monoisotopic (exact) mass is 620 g/mol. The van der Waals surface area contributed by atoms with Gasteiger partial charge < -0.3 is 13.6 Å². The van der Waals surface area contributed by atoms with Gasteiger partial charge in [0.15, 0.2) is 0 Å². The minimum atomic E-state index is 0.905. The van der Waals surface area contributed by atoms with Crippen molar-refractivity contribution < 1.29 is 4.42 Å². The van der Waals surface area contributed by atoms with Gasteiger partial charge in [-0.15, -0.1) is 0 Å². The lowest BCUT2D eigenvalue weighted by Gasteiger charge is -2.20. The van der Waals surface area contributed by atoms with Gasteiger partial charge in [-0.1, -0.05) is 105 Å². The third kappa shape index (κ3) is 4.82. The molecule has 0 radical (unpaired) electrons. The molecule has 0 amide bonds. The van der Waals surface area contributed by atoms with E-state index in [9.17, 15) is 0 Å². The lowest BCUT2D eigenvalue weighted by molar-refractivity contribution is 0.669. The van der Waals surface area contributed by atoms with E-state index in [-0.39, 0.29) is 0 Å². The Bertz CT molecular complexity index is 2580.